The maximum absolute atomic E-state index is 12.5. The summed E-state index contributed by atoms with van der Waals surface area (Å²) >= 11 is 0. The zero-order chi connectivity index (χ0) is 17.9. The van der Waals surface area contributed by atoms with Crippen LogP contribution in [-0.2, 0) is 21.2 Å². The van der Waals surface area contributed by atoms with E-state index in [2.05, 4.69) is 4.72 Å². The third kappa shape index (κ3) is 3.83. The lowest BCUT2D eigenvalue weighted by Gasteiger charge is -2.29. The first-order valence-electron chi connectivity index (χ1n) is 8.03. The SMILES string of the molecule is COc1ccc(S(=O)(=O)NCC(=O)N2CCCc3ccccc32)cc1. The number of sulfonamides is 1. The van der Waals surface area contributed by atoms with Crippen molar-refractivity contribution in [3.05, 3.63) is 54.1 Å². The number of nitrogens with one attached hydrogen (secondary N) is 1. The maximum atomic E-state index is 12.5. The Hall–Kier alpha value is -2.38. The van der Waals surface area contributed by atoms with E-state index in [0.717, 1.165) is 24.1 Å². The number of hydrogen-bond donors (Lipinski definition) is 1. The van der Waals surface area contributed by atoms with E-state index in [9.17, 15) is 13.2 Å². The number of amides is 1. The van der Waals surface area contributed by atoms with Gasteiger partial charge < -0.3 is 9.64 Å². The number of benzene rings is 2. The molecule has 1 N–H and O–H groups in total. The summed E-state index contributed by atoms with van der Waals surface area (Å²) in [5.41, 5.74) is 1.97. The molecule has 0 atom stereocenters. The fraction of sp³-hybridized carbons (Fsp3) is 0.278. The number of hydrogen-bond acceptors (Lipinski definition) is 4. The van der Waals surface area contributed by atoms with Gasteiger partial charge in [-0.05, 0) is 48.7 Å². The van der Waals surface area contributed by atoms with E-state index in [-0.39, 0.29) is 17.3 Å². The van der Waals surface area contributed by atoms with Crippen molar-refractivity contribution in [2.75, 3.05) is 25.1 Å². The summed E-state index contributed by atoms with van der Waals surface area (Å²) in [4.78, 5) is 14.3. The van der Waals surface area contributed by atoms with Gasteiger partial charge in [-0.3, -0.25) is 4.79 Å². The molecule has 0 radical (unpaired) electrons. The van der Waals surface area contributed by atoms with E-state index in [1.54, 1.807) is 17.0 Å². The maximum Gasteiger partial charge on any atom is 0.242 e. The number of rotatable bonds is 5. The lowest BCUT2D eigenvalue weighted by Crippen LogP contribution is -2.42. The Bertz CT molecular complexity index is 863. The van der Waals surface area contributed by atoms with Crippen LogP contribution in [0.1, 0.15) is 12.0 Å². The number of aryl methyl sites for hydroxylation is 1. The molecule has 0 aromatic heterocycles. The Morgan fingerprint density at radius 3 is 2.60 bits per heavy atom. The quantitative estimate of drug-likeness (QED) is 0.884. The van der Waals surface area contributed by atoms with Crippen molar-refractivity contribution in [2.24, 2.45) is 0 Å². The minimum atomic E-state index is -3.75. The molecule has 132 valence electrons. The van der Waals surface area contributed by atoms with Gasteiger partial charge in [-0.25, -0.2) is 13.1 Å². The van der Waals surface area contributed by atoms with Crippen LogP contribution in [0.25, 0.3) is 0 Å². The average Bonchev–Trinajstić information content (AvgIpc) is 2.65. The van der Waals surface area contributed by atoms with Crippen LogP contribution in [0.3, 0.4) is 0 Å². The molecule has 0 unspecified atom stereocenters. The number of carbonyl (C=O) groups excluding carboxylic acids is 1. The molecule has 0 bridgehead atoms. The highest BCUT2D eigenvalue weighted by Gasteiger charge is 2.23. The predicted molar refractivity (Wildman–Crippen MR) is 95.3 cm³/mol. The second-order valence-corrected chi connectivity index (χ2v) is 7.54. The third-order valence-electron chi connectivity index (χ3n) is 4.19. The Morgan fingerprint density at radius 1 is 1.16 bits per heavy atom. The van der Waals surface area contributed by atoms with Crippen LogP contribution < -0.4 is 14.4 Å². The average molecular weight is 360 g/mol. The van der Waals surface area contributed by atoms with Crippen LogP contribution in [0.4, 0.5) is 5.69 Å². The van der Waals surface area contributed by atoms with E-state index in [1.807, 2.05) is 24.3 Å². The smallest absolute Gasteiger partial charge is 0.242 e. The first kappa shape index (κ1) is 17.4. The molecule has 0 aliphatic carbocycles. The number of anilines is 1. The molecule has 2 aromatic carbocycles. The van der Waals surface area contributed by atoms with Crippen molar-refractivity contribution in [2.45, 2.75) is 17.7 Å². The Labute approximate surface area is 147 Å². The minimum absolute atomic E-state index is 0.0974. The summed E-state index contributed by atoms with van der Waals surface area (Å²) in [7, 11) is -2.24. The topological polar surface area (TPSA) is 75.7 Å². The van der Waals surface area contributed by atoms with Gasteiger partial charge in [0.05, 0.1) is 18.6 Å². The number of ether oxygens (including phenoxy) is 1. The molecular weight excluding hydrogens is 340 g/mol. The molecule has 0 spiro atoms. The third-order valence-corrected chi connectivity index (χ3v) is 5.61. The van der Waals surface area contributed by atoms with Crippen molar-refractivity contribution < 1.29 is 17.9 Å². The molecule has 7 heteroatoms. The lowest BCUT2D eigenvalue weighted by molar-refractivity contribution is -0.117. The number of nitrogens with zero attached hydrogens (tertiary/aromatic N) is 1. The second kappa shape index (κ2) is 7.25. The van der Waals surface area contributed by atoms with Crippen molar-refractivity contribution in [3.8, 4) is 5.75 Å². The first-order chi connectivity index (χ1) is 12.0. The van der Waals surface area contributed by atoms with Crippen LogP contribution in [0, 0.1) is 0 Å². The van der Waals surface area contributed by atoms with Crippen LogP contribution in [0.5, 0.6) is 5.75 Å². The first-order valence-corrected chi connectivity index (χ1v) is 9.51. The van der Waals surface area contributed by atoms with Gasteiger partial charge in [-0.15, -0.1) is 0 Å². The van der Waals surface area contributed by atoms with Crippen LogP contribution >= 0.6 is 0 Å². The molecular formula is C18H20N2O4S. The van der Waals surface area contributed by atoms with E-state index in [0.29, 0.717) is 12.3 Å². The van der Waals surface area contributed by atoms with Gasteiger partial charge in [0.1, 0.15) is 5.75 Å². The van der Waals surface area contributed by atoms with Crippen molar-refractivity contribution >= 4 is 21.6 Å². The monoisotopic (exact) mass is 360 g/mol. The van der Waals surface area contributed by atoms with E-state index in [1.165, 1.54) is 19.2 Å². The van der Waals surface area contributed by atoms with Crippen molar-refractivity contribution in [1.82, 2.24) is 4.72 Å². The van der Waals surface area contributed by atoms with Crippen molar-refractivity contribution in [3.63, 3.8) is 0 Å². The van der Waals surface area contributed by atoms with Crippen LogP contribution in [0.15, 0.2) is 53.4 Å². The van der Waals surface area contributed by atoms with E-state index < -0.39 is 10.0 Å². The molecule has 1 heterocycles. The van der Waals surface area contributed by atoms with Gasteiger partial charge in [-0.1, -0.05) is 18.2 Å². The predicted octanol–water partition coefficient (Wildman–Crippen LogP) is 1.95. The van der Waals surface area contributed by atoms with Gasteiger partial charge in [0.25, 0.3) is 0 Å². The number of fused-ring (bicyclic) bond motifs is 1. The Balaban J connectivity index is 1.69. The number of carbonyl (C=O) groups is 1. The normalized spacial score (nSPS) is 14.0. The zero-order valence-electron chi connectivity index (χ0n) is 13.9. The van der Waals surface area contributed by atoms with Crippen LogP contribution in [-0.4, -0.2) is 34.5 Å². The summed E-state index contributed by atoms with van der Waals surface area (Å²) in [6, 6.07) is 13.7. The zero-order valence-corrected chi connectivity index (χ0v) is 14.8. The van der Waals surface area contributed by atoms with Gasteiger partial charge in [0.2, 0.25) is 15.9 Å². The second-order valence-electron chi connectivity index (χ2n) is 5.78. The van der Waals surface area contributed by atoms with Crippen LogP contribution in [0.2, 0.25) is 0 Å². The fourth-order valence-electron chi connectivity index (χ4n) is 2.88. The molecule has 1 aliphatic rings. The van der Waals surface area contributed by atoms with Gasteiger partial charge in [-0.2, -0.15) is 0 Å². The van der Waals surface area contributed by atoms with Gasteiger partial charge in [0.15, 0.2) is 0 Å². The molecule has 0 saturated carbocycles. The highest BCUT2D eigenvalue weighted by atomic mass is 32.2. The van der Waals surface area contributed by atoms with Gasteiger partial charge >= 0.3 is 0 Å². The molecule has 0 saturated heterocycles. The molecule has 0 fully saturated rings. The Morgan fingerprint density at radius 2 is 1.88 bits per heavy atom. The fourth-order valence-corrected chi connectivity index (χ4v) is 3.86. The van der Waals surface area contributed by atoms with E-state index in [4.69, 9.17) is 4.74 Å². The summed E-state index contributed by atoms with van der Waals surface area (Å²) in [6.07, 6.45) is 1.80. The summed E-state index contributed by atoms with van der Waals surface area (Å²) < 4.78 is 32.1. The number of methoxy groups -OCH3 is 1. The highest BCUT2D eigenvalue weighted by Crippen LogP contribution is 2.26. The molecule has 1 amide bonds. The Kier molecular flexibility index (Phi) is 5.06. The molecule has 6 nitrogen and oxygen atoms in total. The number of para-hydroxylation sites is 1. The molecule has 1 aliphatic heterocycles. The standard InChI is InChI=1S/C18H20N2O4S/c1-24-15-8-10-16(11-9-15)25(22,23)19-13-18(21)20-12-4-6-14-5-2-3-7-17(14)20/h2-3,5,7-11,19H,4,6,12-13H2,1H3. The molecule has 2 aromatic rings. The molecule has 25 heavy (non-hydrogen) atoms. The van der Waals surface area contributed by atoms with Crippen molar-refractivity contribution in [1.29, 1.82) is 0 Å². The summed E-state index contributed by atoms with van der Waals surface area (Å²) in [5.74, 6) is 0.309. The largest absolute Gasteiger partial charge is 0.497 e. The minimum Gasteiger partial charge on any atom is -0.497 e. The van der Waals surface area contributed by atoms with Gasteiger partial charge in [0, 0.05) is 12.2 Å². The summed E-state index contributed by atoms with van der Waals surface area (Å²) in [5, 5.41) is 0. The summed E-state index contributed by atoms with van der Waals surface area (Å²) in [6.45, 7) is 0.322. The molecule has 3 rings (SSSR count). The lowest BCUT2D eigenvalue weighted by atomic mass is 10.0. The highest BCUT2D eigenvalue weighted by molar-refractivity contribution is 7.89. The van der Waals surface area contributed by atoms with E-state index >= 15 is 0 Å².